The zero-order valence-electron chi connectivity index (χ0n) is 16.5. The first-order valence-electron chi connectivity index (χ1n) is 9.86. The first kappa shape index (κ1) is 18.2. The average molecular weight is 403 g/mol. The Balaban J connectivity index is 1.33. The van der Waals surface area contributed by atoms with Gasteiger partial charge in [0.05, 0.1) is 18.8 Å². The zero-order valence-corrected chi connectivity index (χ0v) is 16.5. The number of hydrogen-bond acceptors (Lipinski definition) is 4. The van der Waals surface area contributed by atoms with Gasteiger partial charge in [-0.1, -0.05) is 18.2 Å². The predicted molar refractivity (Wildman–Crippen MR) is 110 cm³/mol. The number of hydrogen-bond donors (Lipinski definition) is 2. The Hall–Kier alpha value is -3.81. The van der Waals surface area contributed by atoms with E-state index in [0.717, 1.165) is 10.9 Å². The van der Waals surface area contributed by atoms with Gasteiger partial charge in [0.2, 0.25) is 0 Å². The quantitative estimate of drug-likeness (QED) is 0.547. The van der Waals surface area contributed by atoms with Crippen molar-refractivity contribution in [2.45, 2.75) is 26.1 Å². The molecule has 0 bridgehead atoms. The highest BCUT2D eigenvalue weighted by atomic mass is 16.3. The van der Waals surface area contributed by atoms with Gasteiger partial charge in [-0.25, -0.2) is 4.98 Å². The minimum atomic E-state index is -0.269. The Labute approximate surface area is 172 Å². The summed E-state index contributed by atoms with van der Waals surface area (Å²) in [6.07, 6.45) is 3.31. The zero-order chi connectivity index (χ0) is 20.7. The number of fused-ring (bicyclic) bond motifs is 2. The van der Waals surface area contributed by atoms with Gasteiger partial charge in [-0.2, -0.15) is 0 Å². The van der Waals surface area contributed by atoms with Gasteiger partial charge in [0.15, 0.2) is 0 Å². The van der Waals surface area contributed by atoms with E-state index in [2.05, 4.69) is 15.3 Å². The van der Waals surface area contributed by atoms with Crippen molar-refractivity contribution in [2.75, 3.05) is 6.54 Å². The Morgan fingerprint density at radius 2 is 2.10 bits per heavy atom. The van der Waals surface area contributed by atoms with Crippen LogP contribution >= 0.6 is 0 Å². The molecular formula is C22H21N5O3. The standard InChI is InChI=1S/C22H21N5O3/c1-14-20-25-19(21(28)23-12-16-6-4-10-30-16)13-26(20)8-9-27(14)22(29)18-11-15-5-2-3-7-17(15)24-18/h2-7,10-11,13-14,24H,8-9,12H2,1H3,(H,23,28)/t14-/m0/s1. The number of aromatic amines is 1. The fourth-order valence-corrected chi connectivity index (χ4v) is 3.89. The lowest BCUT2D eigenvalue weighted by molar-refractivity contribution is 0.0632. The summed E-state index contributed by atoms with van der Waals surface area (Å²) in [6, 6.07) is 13.0. The summed E-state index contributed by atoms with van der Waals surface area (Å²) in [6.45, 7) is 3.37. The molecule has 30 heavy (non-hydrogen) atoms. The lowest BCUT2D eigenvalue weighted by Gasteiger charge is -2.33. The van der Waals surface area contributed by atoms with Crippen molar-refractivity contribution in [3.8, 4) is 0 Å². The molecule has 0 aliphatic carbocycles. The van der Waals surface area contributed by atoms with Crippen LogP contribution in [-0.4, -0.2) is 37.8 Å². The van der Waals surface area contributed by atoms with E-state index in [0.29, 0.717) is 42.6 Å². The maximum atomic E-state index is 13.1. The maximum Gasteiger partial charge on any atom is 0.271 e. The van der Waals surface area contributed by atoms with E-state index in [4.69, 9.17) is 4.42 Å². The summed E-state index contributed by atoms with van der Waals surface area (Å²) in [5.41, 5.74) is 1.82. The molecule has 0 unspecified atom stereocenters. The molecule has 1 aliphatic rings. The van der Waals surface area contributed by atoms with Gasteiger partial charge in [-0.3, -0.25) is 9.59 Å². The molecule has 1 aliphatic heterocycles. The third-order valence-corrected chi connectivity index (χ3v) is 5.49. The fraction of sp³-hybridized carbons (Fsp3) is 0.227. The monoisotopic (exact) mass is 403 g/mol. The van der Waals surface area contributed by atoms with Crippen molar-refractivity contribution in [3.63, 3.8) is 0 Å². The molecule has 2 N–H and O–H groups in total. The molecule has 2 amide bonds. The van der Waals surface area contributed by atoms with Crippen LogP contribution in [0.1, 0.15) is 45.5 Å². The van der Waals surface area contributed by atoms with Crippen molar-refractivity contribution in [2.24, 2.45) is 0 Å². The minimum Gasteiger partial charge on any atom is -0.467 e. The van der Waals surface area contributed by atoms with Crippen LogP contribution in [0.2, 0.25) is 0 Å². The second kappa shape index (κ2) is 7.22. The average Bonchev–Trinajstić information content (AvgIpc) is 3.51. The molecule has 0 spiro atoms. The van der Waals surface area contributed by atoms with E-state index < -0.39 is 0 Å². The van der Waals surface area contributed by atoms with E-state index >= 15 is 0 Å². The molecule has 4 aromatic rings. The molecular weight excluding hydrogens is 382 g/mol. The van der Waals surface area contributed by atoms with Gasteiger partial charge in [0.25, 0.3) is 11.8 Å². The van der Waals surface area contributed by atoms with Crippen molar-refractivity contribution < 1.29 is 14.0 Å². The van der Waals surface area contributed by atoms with E-state index in [1.807, 2.05) is 41.8 Å². The van der Waals surface area contributed by atoms with Gasteiger partial charge < -0.3 is 24.2 Å². The number of furan rings is 1. The number of benzene rings is 1. The van der Waals surface area contributed by atoms with Crippen LogP contribution in [0.4, 0.5) is 0 Å². The summed E-state index contributed by atoms with van der Waals surface area (Å²) >= 11 is 0. The molecule has 8 nitrogen and oxygen atoms in total. The summed E-state index contributed by atoms with van der Waals surface area (Å²) in [5, 5.41) is 3.81. The Kier molecular flexibility index (Phi) is 4.39. The van der Waals surface area contributed by atoms with E-state index in [-0.39, 0.29) is 17.9 Å². The SMILES string of the molecule is C[C@H]1c2nc(C(=O)NCc3ccco3)cn2CCN1C(=O)c1cc2ccccc2[nH]1. The number of imidazole rings is 1. The highest BCUT2D eigenvalue weighted by Gasteiger charge is 2.31. The number of amides is 2. The van der Waals surface area contributed by atoms with Crippen molar-refractivity contribution in [1.29, 1.82) is 0 Å². The molecule has 3 aromatic heterocycles. The number of carbonyl (C=O) groups is 2. The second-order valence-electron chi connectivity index (χ2n) is 7.38. The molecule has 0 fully saturated rings. The highest BCUT2D eigenvalue weighted by molar-refractivity contribution is 5.98. The van der Waals surface area contributed by atoms with Gasteiger partial charge in [-0.05, 0) is 31.2 Å². The Morgan fingerprint density at radius 1 is 1.23 bits per heavy atom. The molecule has 0 saturated carbocycles. The number of H-pyrrole nitrogens is 1. The van der Waals surface area contributed by atoms with Crippen LogP contribution in [0.5, 0.6) is 0 Å². The van der Waals surface area contributed by atoms with Crippen LogP contribution in [-0.2, 0) is 13.1 Å². The smallest absolute Gasteiger partial charge is 0.271 e. The summed E-state index contributed by atoms with van der Waals surface area (Å²) in [5.74, 6) is 1.04. The molecule has 0 saturated heterocycles. The summed E-state index contributed by atoms with van der Waals surface area (Å²) < 4.78 is 7.18. The van der Waals surface area contributed by atoms with E-state index in [9.17, 15) is 9.59 Å². The van der Waals surface area contributed by atoms with Crippen molar-refractivity contribution in [3.05, 3.63) is 77.9 Å². The molecule has 1 atom stereocenters. The normalized spacial score (nSPS) is 15.9. The Morgan fingerprint density at radius 3 is 2.90 bits per heavy atom. The lowest BCUT2D eigenvalue weighted by atomic mass is 10.2. The predicted octanol–water partition coefficient (Wildman–Crippen LogP) is 3.10. The Bertz CT molecular complexity index is 1190. The topological polar surface area (TPSA) is 96.2 Å². The van der Waals surface area contributed by atoms with Crippen LogP contribution in [0, 0.1) is 0 Å². The fourth-order valence-electron chi connectivity index (χ4n) is 3.89. The molecule has 1 aromatic carbocycles. The van der Waals surface area contributed by atoms with Gasteiger partial charge >= 0.3 is 0 Å². The second-order valence-corrected chi connectivity index (χ2v) is 7.38. The number of carbonyl (C=O) groups excluding carboxylic acids is 2. The third kappa shape index (κ3) is 3.16. The highest BCUT2D eigenvalue weighted by Crippen LogP contribution is 2.27. The molecule has 152 valence electrons. The molecule has 4 heterocycles. The number of nitrogens with zero attached hydrogens (tertiary/aromatic N) is 3. The van der Waals surface area contributed by atoms with Gasteiger partial charge in [0.1, 0.15) is 23.0 Å². The van der Waals surface area contributed by atoms with E-state index in [1.165, 1.54) is 0 Å². The molecule has 0 radical (unpaired) electrons. The number of nitrogens with one attached hydrogen (secondary N) is 2. The number of rotatable bonds is 4. The third-order valence-electron chi connectivity index (χ3n) is 5.49. The van der Waals surface area contributed by atoms with Crippen LogP contribution < -0.4 is 5.32 Å². The summed E-state index contributed by atoms with van der Waals surface area (Å²) in [7, 11) is 0. The van der Waals surface area contributed by atoms with Crippen LogP contribution in [0.3, 0.4) is 0 Å². The lowest BCUT2D eigenvalue weighted by Crippen LogP contribution is -2.41. The number of aromatic nitrogens is 3. The van der Waals surface area contributed by atoms with Crippen LogP contribution in [0.15, 0.2) is 59.3 Å². The largest absolute Gasteiger partial charge is 0.467 e. The number of para-hydroxylation sites is 1. The molecule has 8 heteroatoms. The first-order valence-corrected chi connectivity index (χ1v) is 9.86. The van der Waals surface area contributed by atoms with E-state index in [1.54, 1.807) is 29.5 Å². The maximum absolute atomic E-state index is 13.1. The van der Waals surface area contributed by atoms with Gasteiger partial charge in [0, 0.05) is 30.2 Å². The van der Waals surface area contributed by atoms with Crippen molar-refractivity contribution in [1.82, 2.24) is 24.8 Å². The van der Waals surface area contributed by atoms with Crippen molar-refractivity contribution >= 4 is 22.7 Å². The minimum absolute atomic E-state index is 0.0724. The van der Waals surface area contributed by atoms with Gasteiger partial charge in [-0.15, -0.1) is 0 Å². The summed E-state index contributed by atoms with van der Waals surface area (Å²) in [4.78, 5) is 35.1. The first-order chi connectivity index (χ1) is 14.6. The molecule has 5 rings (SSSR count). The van der Waals surface area contributed by atoms with Crippen LogP contribution in [0.25, 0.3) is 10.9 Å².